The fourth-order valence-electron chi connectivity index (χ4n) is 2.55. The van der Waals surface area contributed by atoms with Gasteiger partial charge in [-0.1, -0.05) is 55.8 Å². The summed E-state index contributed by atoms with van der Waals surface area (Å²) in [5.74, 6) is -0.0777. The van der Waals surface area contributed by atoms with Gasteiger partial charge in [0, 0.05) is 0 Å². The molecule has 1 amide bonds. The molecule has 0 spiro atoms. The van der Waals surface area contributed by atoms with E-state index >= 15 is 0 Å². The molecular formula is C22H26ClNO5. The Morgan fingerprint density at radius 2 is 1.79 bits per heavy atom. The topological polar surface area (TPSA) is 73.9 Å². The first-order valence-electron chi connectivity index (χ1n) is 9.33. The van der Waals surface area contributed by atoms with Crippen molar-refractivity contribution < 1.29 is 23.8 Å². The van der Waals surface area contributed by atoms with Crippen LogP contribution in [-0.4, -0.2) is 32.2 Å². The molecule has 0 saturated heterocycles. The molecule has 0 radical (unpaired) electrons. The van der Waals surface area contributed by atoms with Gasteiger partial charge in [-0.2, -0.15) is 0 Å². The summed E-state index contributed by atoms with van der Waals surface area (Å²) in [7, 11) is 1.46. The minimum Gasteiger partial charge on any atom is -0.493 e. The molecule has 0 aromatic heterocycles. The zero-order valence-corrected chi connectivity index (χ0v) is 17.8. The predicted octanol–water partition coefficient (Wildman–Crippen LogP) is 4.42. The van der Waals surface area contributed by atoms with E-state index in [9.17, 15) is 9.59 Å². The first kappa shape index (κ1) is 22.6. The molecule has 0 aliphatic rings. The van der Waals surface area contributed by atoms with Gasteiger partial charge in [0.05, 0.1) is 30.3 Å². The Balaban J connectivity index is 1.97. The van der Waals surface area contributed by atoms with Crippen molar-refractivity contribution in [3.8, 4) is 11.5 Å². The Morgan fingerprint density at radius 1 is 1.10 bits per heavy atom. The molecule has 0 aliphatic heterocycles. The summed E-state index contributed by atoms with van der Waals surface area (Å²) in [6, 6.07) is 12.2. The van der Waals surface area contributed by atoms with Crippen LogP contribution < -0.4 is 14.8 Å². The van der Waals surface area contributed by atoms with Gasteiger partial charge in [0.1, 0.15) is 0 Å². The Labute approximate surface area is 176 Å². The summed E-state index contributed by atoms with van der Waals surface area (Å²) < 4.78 is 16.1. The van der Waals surface area contributed by atoms with Gasteiger partial charge in [0.25, 0.3) is 5.91 Å². The second-order valence-corrected chi connectivity index (χ2v) is 7.38. The Bertz CT molecular complexity index is 839. The first-order valence-corrected chi connectivity index (χ1v) is 9.71. The molecule has 1 N–H and O–H groups in total. The van der Waals surface area contributed by atoms with E-state index in [1.54, 1.807) is 0 Å². The standard InChI is InChI=1S/C22H26ClNO5/c1-14(2)12-28-21-18(23)10-17(11-19(21)27-4)22(26)29-13-20(25)24-15(3)16-8-6-5-7-9-16/h5-11,14-15H,12-13H2,1-4H3,(H,24,25)/t15-/m0/s1. The average Bonchev–Trinajstić information content (AvgIpc) is 2.70. The molecule has 156 valence electrons. The fourth-order valence-corrected chi connectivity index (χ4v) is 2.82. The largest absolute Gasteiger partial charge is 0.493 e. The molecule has 2 aromatic rings. The van der Waals surface area contributed by atoms with Crippen LogP contribution in [0.1, 0.15) is 42.7 Å². The van der Waals surface area contributed by atoms with Gasteiger partial charge in [-0.3, -0.25) is 4.79 Å². The monoisotopic (exact) mass is 419 g/mol. The maximum absolute atomic E-state index is 12.3. The second kappa shape index (κ2) is 10.7. The van der Waals surface area contributed by atoms with E-state index < -0.39 is 18.5 Å². The summed E-state index contributed by atoms with van der Waals surface area (Å²) in [4.78, 5) is 24.4. The Hall–Kier alpha value is -2.73. The van der Waals surface area contributed by atoms with Crippen LogP contribution >= 0.6 is 11.6 Å². The smallest absolute Gasteiger partial charge is 0.338 e. The number of esters is 1. The third-order valence-corrected chi connectivity index (χ3v) is 4.32. The number of methoxy groups -OCH3 is 1. The second-order valence-electron chi connectivity index (χ2n) is 6.97. The van der Waals surface area contributed by atoms with Crippen LogP contribution in [0.25, 0.3) is 0 Å². The highest BCUT2D eigenvalue weighted by Gasteiger charge is 2.18. The number of amides is 1. The van der Waals surface area contributed by atoms with Gasteiger partial charge in [0.2, 0.25) is 0 Å². The van der Waals surface area contributed by atoms with E-state index in [-0.39, 0.29) is 16.6 Å². The van der Waals surface area contributed by atoms with Crippen molar-refractivity contribution >= 4 is 23.5 Å². The number of hydrogen-bond donors (Lipinski definition) is 1. The molecule has 2 aromatic carbocycles. The normalized spacial score (nSPS) is 11.7. The zero-order valence-electron chi connectivity index (χ0n) is 17.0. The molecule has 7 heteroatoms. The van der Waals surface area contributed by atoms with Crippen molar-refractivity contribution in [3.05, 3.63) is 58.6 Å². The van der Waals surface area contributed by atoms with Gasteiger partial charge in [-0.15, -0.1) is 0 Å². The highest BCUT2D eigenvalue weighted by molar-refractivity contribution is 6.32. The molecule has 0 saturated carbocycles. The highest BCUT2D eigenvalue weighted by atomic mass is 35.5. The minimum absolute atomic E-state index is 0.174. The fraction of sp³-hybridized carbons (Fsp3) is 0.364. The summed E-state index contributed by atoms with van der Waals surface area (Å²) in [5.41, 5.74) is 1.13. The lowest BCUT2D eigenvalue weighted by molar-refractivity contribution is -0.124. The van der Waals surface area contributed by atoms with Crippen molar-refractivity contribution in [2.24, 2.45) is 5.92 Å². The molecule has 29 heavy (non-hydrogen) atoms. The summed E-state index contributed by atoms with van der Waals surface area (Å²) >= 11 is 6.25. The molecule has 2 rings (SSSR count). The summed E-state index contributed by atoms with van der Waals surface area (Å²) in [6.07, 6.45) is 0. The van der Waals surface area contributed by atoms with Gasteiger partial charge >= 0.3 is 5.97 Å². The molecule has 1 atom stereocenters. The van der Waals surface area contributed by atoms with Crippen molar-refractivity contribution in [3.63, 3.8) is 0 Å². The van der Waals surface area contributed by atoms with Crippen molar-refractivity contribution in [1.29, 1.82) is 0 Å². The molecule has 0 heterocycles. The average molecular weight is 420 g/mol. The zero-order chi connectivity index (χ0) is 21.4. The lowest BCUT2D eigenvalue weighted by Crippen LogP contribution is -2.31. The number of carbonyl (C=O) groups is 2. The third-order valence-electron chi connectivity index (χ3n) is 4.04. The SMILES string of the molecule is COc1cc(C(=O)OCC(=O)N[C@@H](C)c2ccccc2)cc(Cl)c1OCC(C)C. The van der Waals surface area contributed by atoms with Crippen molar-refractivity contribution in [1.82, 2.24) is 5.32 Å². The van der Waals surface area contributed by atoms with E-state index in [4.69, 9.17) is 25.8 Å². The number of hydrogen-bond acceptors (Lipinski definition) is 5. The molecule has 0 fully saturated rings. The van der Waals surface area contributed by atoms with Crippen molar-refractivity contribution in [2.75, 3.05) is 20.3 Å². The number of benzene rings is 2. The van der Waals surface area contributed by atoms with E-state index in [1.165, 1.54) is 19.2 Å². The number of rotatable bonds is 9. The molecule has 0 unspecified atom stereocenters. The van der Waals surface area contributed by atoms with Crippen LogP contribution in [0.4, 0.5) is 0 Å². The lowest BCUT2D eigenvalue weighted by Gasteiger charge is -2.16. The minimum atomic E-state index is -0.678. The highest BCUT2D eigenvalue weighted by Crippen LogP contribution is 2.36. The quantitative estimate of drug-likeness (QED) is 0.609. The van der Waals surface area contributed by atoms with Crippen LogP contribution in [0.2, 0.25) is 5.02 Å². The van der Waals surface area contributed by atoms with E-state index in [1.807, 2.05) is 51.1 Å². The van der Waals surface area contributed by atoms with E-state index in [0.717, 1.165) is 5.56 Å². The van der Waals surface area contributed by atoms with Crippen LogP contribution in [0.3, 0.4) is 0 Å². The molecular weight excluding hydrogens is 394 g/mol. The predicted molar refractivity (Wildman–Crippen MR) is 112 cm³/mol. The van der Waals surface area contributed by atoms with Crippen LogP contribution in [-0.2, 0) is 9.53 Å². The van der Waals surface area contributed by atoms with E-state index in [2.05, 4.69) is 5.32 Å². The summed E-state index contributed by atoms with van der Waals surface area (Å²) in [5, 5.41) is 3.02. The molecule has 6 nitrogen and oxygen atoms in total. The molecule has 0 aliphatic carbocycles. The van der Waals surface area contributed by atoms with Crippen LogP contribution in [0, 0.1) is 5.92 Å². The van der Waals surface area contributed by atoms with Crippen LogP contribution in [0.5, 0.6) is 11.5 Å². The molecule has 0 bridgehead atoms. The summed E-state index contributed by atoms with van der Waals surface area (Å²) in [6.45, 7) is 5.93. The van der Waals surface area contributed by atoms with E-state index in [0.29, 0.717) is 24.0 Å². The number of nitrogens with one attached hydrogen (secondary N) is 1. The lowest BCUT2D eigenvalue weighted by atomic mass is 10.1. The van der Waals surface area contributed by atoms with Gasteiger partial charge in [-0.05, 0) is 30.5 Å². The Kier molecular flexibility index (Phi) is 8.34. The first-order chi connectivity index (χ1) is 13.8. The van der Waals surface area contributed by atoms with Crippen LogP contribution in [0.15, 0.2) is 42.5 Å². The van der Waals surface area contributed by atoms with Gasteiger partial charge < -0.3 is 19.5 Å². The third kappa shape index (κ3) is 6.68. The van der Waals surface area contributed by atoms with Gasteiger partial charge in [-0.25, -0.2) is 4.79 Å². The number of carbonyl (C=O) groups excluding carboxylic acids is 2. The number of ether oxygens (including phenoxy) is 3. The van der Waals surface area contributed by atoms with Crippen molar-refractivity contribution in [2.45, 2.75) is 26.8 Å². The maximum Gasteiger partial charge on any atom is 0.338 e. The van der Waals surface area contributed by atoms with Gasteiger partial charge in [0.15, 0.2) is 18.1 Å². The maximum atomic E-state index is 12.3. The Morgan fingerprint density at radius 3 is 2.41 bits per heavy atom. The number of halogens is 1.